The second kappa shape index (κ2) is 6.35. The van der Waals surface area contributed by atoms with Crippen molar-refractivity contribution < 1.29 is 0 Å². The molecule has 0 radical (unpaired) electrons. The predicted molar refractivity (Wildman–Crippen MR) is 80.4 cm³/mol. The first kappa shape index (κ1) is 13.6. The van der Waals surface area contributed by atoms with E-state index in [4.69, 9.17) is 0 Å². The van der Waals surface area contributed by atoms with E-state index in [0.29, 0.717) is 6.04 Å². The third-order valence-electron chi connectivity index (χ3n) is 2.72. The van der Waals surface area contributed by atoms with Crippen molar-refractivity contribution in [1.29, 1.82) is 0 Å². The molecule has 0 saturated heterocycles. The lowest BCUT2D eigenvalue weighted by Gasteiger charge is -2.11. The van der Waals surface area contributed by atoms with Gasteiger partial charge in [0.15, 0.2) is 0 Å². The molecule has 0 aliphatic rings. The Morgan fingerprint density at radius 2 is 2.21 bits per heavy atom. The minimum absolute atomic E-state index is 0.433. The van der Waals surface area contributed by atoms with Gasteiger partial charge in [-0.3, -0.25) is 0 Å². The summed E-state index contributed by atoms with van der Waals surface area (Å²) in [6.45, 7) is 6.26. The molecule has 1 atom stereocenters. The maximum Gasteiger partial charge on any atom is 0.126 e. The monoisotopic (exact) mass is 271 g/mol. The molecule has 0 unspecified atom stereocenters. The predicted octanol–water partition coefficient (Wildman–Crippen LogP) is 3.46. The van der Waals surface area contributed by atoms with Crippen molar-refractivity contribution in [2.45, 2.75) is 33.2 Å². The normalized spacial score (nSPS) is 11.5. The van der Waals surface area contributed by atoms with Crippen molar-refractivity contribution in [2.75, 3.05) is 5.32 Å². The van der Waals surface area contributed by atoms with Crippen LogP contribution in [0.3, 0.4) is 0 Å². The Bertz CT molecular complexity index is 590. The van der Waals surface area contributed by atoms with Gasteiger partial charge in [-0.1, -0.05) is 12.8 Å². The van der Waals surface area contributed by atoms with Crippen LogP contribution in [0.4, 0.5) is 5.82 Å². The topological polar surface area (TPSA) is 37.8 Å². The lowest BCUT2D eigenvalue weighted by molar-refractivity contribution is 0.759. The highest BCUT2D eigenvalue weighted by Gasteiger charge is 1.99. The van der Waals surface area contributed by atoms with Crippen molar-refractivity contribution >= 4 is 17.2 Å². The summed E-state index contributed by atoms with van der Waals surface area (Å²) in [5, 5.41) is 6.33. The van der Waals surface area contributed by atoms with Gasteiger partial charge in [0.1, 0.15) is 11.5 Å². The van der Waals surface area contributed by atoms with E-state index in [0.717, 1.165) is 28.5 Å². The molecule has 0 aliphatic heterocycles. The van der Waals surface area contributed by atoms with Crippen LogP contribution in [0.1, 0.15) is 36.5 Å². The molecule has 98 valence electrons. The standard InChI is InChI=1S/C15H17N3S/c1-4-11(2)17-15-8-6-13(9-16-15)5-7-14-10-19-12(3)18-14/h6,8-11H,4H2,1-3H3,(H,16,17)/t11-/m1/s1. The third kappa shape index (κ3) is 4.08. The molecule has 0 aromatic carbocycles. The SMILES string of the molecule is CC[C@@H](C)Nc1ccc(C#Cc2csc(C)n2)cn1. The first-order valence-electron chi connectivity index (χ1n) is 6.34. The summed E-state index contributed by atoms with van der Waals surface area (Å²) in [6.07, 6.45) is 2.86. The summed E-state index contributed by atoms with van der Waals surface area (Å²) in [4.78, 5) is 8.66. The fourth-order valence-corrected chi connectivity index (χ4v) is 2.01. The summed E-state index contributed by atoms with van der Waals surface area (Å²) in [6, 6.07) is 4.37. The van der Waals surface area contributed by atoms with Crippen LogP contribution in [0, 0.1) is 18.8 Å². The van der Waals surface area contributed by atoms with Crippen LogP contribution in [-0.2, 0) is 0 Å². The Labute approximate surface area is 118 Å². The van der Waals surface area contributed by atoms with E-state index in [2.05, 4.69) is 41.0 Å². The smallest absolute Gasteiger partial charge is 0.126 e. The van der Waals surface area contributed by atoms with E-state index in [1.165, 1.54) is 0 Å². The highest BCUT2D eigenvalue weighted by Crippen LogP contribution is 2.08. The largest absolute Gasteiger partial charge is 0.368 e. The maximum absolute atomic E-state index is 4.35. The Kier molecular flexibility index (Phi) is 4.53. The van der Waals surface area contributed by atoms with E-state index in [9.17, 15) is 0 Å². The van der Waals surface area contributed by atoms with Gasteiger partial charge in [0.25, 0.3) is 0 Å². The second-order valence-corrected chi connectivity index (χ2v) is 5.45. The van der Waals surface area contributed by atoms with Crippen molar-refractivity contribution in [3.8, 4) is 11.8 Å². The molecule has 0 aliphatic carbocycles. The number of pyridine rings is 1. The molecule has 2 aromatic rings. The highest BCUT2D eigenvalue weighted by atomic mass is 32.1. The van der Waals surface area contributed by atoms with Gasteiger partial charge < -0.3 is 5.32 Å². The van der Waals surface area contributed by atoms with Gasteiger partial charge in [0, 0.05) is 23.2 Å². The number of anilines is 1. The molecule has 0 saturated carbocycles. The fraction of sp³-hybridized carbons (Fsp3) is 0.333. The van der Waals surface area contributed by atoms with Crippen molar-refractivity contribution in [3.63, 3.8) is 0 Å². The minimum Gasteiger partial charge on any atom is -0.368 e. The van der Waals surface area contributed by atoms with E-state index < -0.39 is 0 Å². The van der Waals surface area contributed by atoms with Gasteiger partial charge in [-0.25, -0.2) is 9.97 Å². The summed E-state index contributed by atoms with van der Waals surface area (Å²) in [7, 11) is 0. The molecule has 0 bridgehead atoms. The zero-order valence-corrected chi connectivity index (χ0v) is 12.2. The van der Waals surface area contributed by atoms with Crippen LogP contribution in [-0.4, -0.2) is 16.0 Å². The highest BCUT2D eigenvalue weighted by molar-refractivity contribution is 7.09. The molecule has 4 heteroatoms. The first-order chi connectivity index (χ1) is 9.17. The quantitative estimate of drug-likeness (QED) is 0.869. The Morgan fingerprint density at radius 1 is 1.37 bits per heavy atom. The average molecular weight is 271 g/mol. The van der Waals surface area contributed by atoms with Crippen molar-refractivity contribution in [3.05, 3.63) is 40.0 Å². The van der Waals surface area contributed by atoms with Crippen molar-refractivity contribution in [2.24, 2.45) is 0 Å². The summed E-state index contributed by atoms with van der Waals surface area (Å²) < 4.78 is 0. The lowest BCUT2D eigenvalue weighted by Crippen LogP contribution is -2.14. The van der Waals surface area contributed by atoms with Crippen LogP contribution in [0.2, 0.25) is 0 Å². The zero-order valence-electron chi connectivity index (χ0n) is 11.4. The van der Waals surface area contributed by atoms with Gasteiger partial charge >= 0.3 is 0 Å². The van der Waals surface area contributed by atoms with Crippen molar-refractivity contribution in [1.82, 2.24) is 9.97 Å². The maximum atomic E-state index is 4.35. The number of rotatable bonds is 3. The summed E-state index contributed by atoms with van der Waals surface area (Å²) >= 11 is 1.61. The summed E-state index contributed by atoms with van der Waals surface area (Å²) in [5.41, 5.74) is 1.73. The number of thiazole rings is 1. The van der Waals surface area contributed by atoms with Crippen LogP contribution in [0.25, 0.3) is 0 Å². The number of hydrogen-bond acceptors (Lipinski definition) is 4. The molecule has 2 rings (SSSR count). The van der Waals surface area contributed by atoms with E-state index in [1.807, 2.05) is 24.4 Å². The Morgan fingerprint density at radius 3 is 2.79 bits per heavy atom. The Balaban J connectivity index is 2.05. The fourth-order valence-electron chi connectivity index (χ4n) is 1.46. The van der Waals surface area contributed by atoms with Gasteiger partial charge in [-0.2, -0.15) is 0 Å². The minimum atomic E-state index is 0.433. The first-order valence-corrected chi connectivity index (χ1v) is 7.22. The number of aryl methyl sites for hydroxylation is 1. The van der Waals surface area contributed by atoms with Gasteiger partial charge in [-0.05, 0) is 38.3 Å². The Hall–Kier alpha value is -1.86. The molecule has 0 fully saturated rings. The van der Waals surface area contributed by atoms with E-state index in [-0.39, 0.29) is 0 Å². The second-order valence-electron chi connectivity index (χ2n) is 4.39. The number of aromatic nitrogens is 2. The zero-order chi connectivity index (χ0) is 13.7. The number of hydrogen-bond donors (Lipinski definition) is 1. The van der Waals surface area contributed by atoms with Crippen LogP contribution < -0.4 is 5.32 Å². The molecular formula is C15H17N3S. The number of nitrogens with one attached hydrogen (secondary N) is 1. The molecule has 3 nitrogen and oxygen atoms in total. The van der Waals surface area contributed by atoms with Crippen LogP contribution in [0.5, 0.6) is 0 Å². The van der Waals surface area contributed by atoms with Gasteiger partial charge in [0.2, 0.25) is 0 Å². The van der Waals surface area contributed by atoms with Crippen LogP contribution >= 0.6 is 11.3 Å². The molecule has 1 N–H and O–H groups in total. The molecule has 0 spiro atoms. The van der Waals surface area contributed by atoms with E-state index >= 15 is 0 Å². The third-order valence-corrected chi connectivity index (χ3v) is 3.50. The lowest BCUT2D eigenvalue weighted by atomic mass is 10.2. The number of nitrogens with zero attached hydrogens (tertiary/aromatic N) is 2. The van der Waals surface area contributed by atoms with Crippen LogP contribution in [0.15, 0.2) is 23.7 Å². The summed E-state index contributed by atoms with van der Waals surface area (Å²) in [5.74, 6) is 7.01. The van der Waals surface area contributed by atoms with Gasteiger partial charge in [-0.15, -0.1) is 11.3 Å². The van der Waals surface area contributed by atoms with E-state index in [1.54, 1.807) is 17.5 Å². The average Bonchev–Trinajstić information content (AvgIpc) is 2.83. The molecule has 0 amide bonds. The molecular weight excluding hydrogens is 254 g/mol. The molecule has 2 aromatic heterocycles. The van der Waals surface area contributed by atoms with Gasteiger partial charge in [0.05, 0.1) is 5.01 Å². The molecule has 19 heavy (non-hydrogen) atoms. The molecule has 2 heterocycles.